The van der Waals surface area contributed by atoms with Gasteiger partial charge in [0, 0.05) is 0 Å². The molecule has 2 aromatic carbocycles. The largest absolute Gasteiger partial charge is 0.454 e. The van der Waals surface area contributed by atoms with E-state index in [1.54, 1.807) is 24.3 Å². The van der Waals surface area contributed by atoms with Crippen LogP contribution < -0.4 is 5.32 Å². The Balaban J connectivity index is 1.66. The second-order valence-corrected chi connectivity index (χ2v) is 7.98. The van der Waals surface area contributed by atoms with Crippen molar-refractivity contribution in [3.8, 4) is 0 Å². The Morgan fingerprint density at radius 3 is 2.00 bits per heavy atom. The second kappa shape index (κ2) is 9.55. The van der Waals surface area contributed by atoms with E-state index < -0.39 is 36.3 Å². The van der Waals surface area contributed by atoms with Gasteiger partial charge in [-0.1, -0.05) is 56.3 Å². The van der Waals surface area contributed by atoms with Crippen LogP contribution in [-0.2, 0) is 14.3 Å². The molecule has 2 aromatic rings. The van der Waals surface area contributed by atoms with Crippen molar-refractivity contribution in [2.75, 3.05) is 6.61 Å². The Labute approximate surface area is 181 Å². The smallest absolute Gasteiger partial charge is 0.329 e. The Morgan fingerprint density at radius 2 is 1.45 bits per heavy atom. The van der Waals surface area contributed by atoms with Crippen molar-refractivity contribution in [2.24, 2.45) is 5.92 Å². The van der Waals surface area contributed by atoms with Crippen LogP contribution in [0.5, 0.6) is 0 Å². The number of ether oxygens (including phenoxy) is 1. The highest BCUT2D eigenvalue weighted by Crippen LogP contribution is 2.27. The molecule has 0 saturated carbocycles. The number of esters is 1. The summed E-state index contributed by atoms with van der Waals surface area (Å²) in [5.74, 6) is -2.26. The normalized spacial score (nSPS) is 14.9. The van der Waals surface area contributed by atoms with E-state index in [2.05, 4.69) is 5.32 Å². The van der Waals surface area contributed by atoms with Gasteiger partial charge in [0.05, 0.1) is 17.2 Å². The molecule has 0 fully saturated rings. The molecule has 7 heteroatoms. The van der Waals surface area contributed by atoms with Crippen molar-refractivity contribution in [1.82, 2.24) is 10.2 Å². The monoisotopic (exact) mass is 422 g/mol. The molecule has 0 spiro atoms. The zero-order valence-electron chi connectivity index (χ0n) is 17.8. The van der Waals surface area contributed by atoms with Gasteiger partial charge in [0.1, 0.15) is 6.04 Å². The summed E-state index contributed by atoms with van der Waals surface area (Å²) in [4.78, 5) is 51.6. The first-order valence-electron chi connectivity index (χ1n) is 10.3. The summed E-state index contributed by atoms with van der Waals surface area (Å²) in [7, 11) is 0. The van der Waals surface area contributed by atoms with E-state index in [9.17, 15) is 19.2 Å². The number of amides is 3. The maximum absolute atomic E-state index is 12.8. The van der Waals surface area contributed by atoms with Gasteiger partial charge in [-0.2, -0.15) is 0 Å². The molecule has 0 aromatic heterocycles. The van der Waals surface area contributed by atoms with Gasteiger partial charge in [-0.25, -0.2) is 4.79 Å². The molecule has 1 aliphatic rings. The Morgan fingerprint density at radius 1 is 0.903 bits per heavy atom. The number of carbonyl (C=O) groups is 4. The third kappa shape index (κ3) is 4.99. The number of fused-ring (bicyclic) bond motifs is 1. The molecule has 1 heterocycles. The van der Waals surface area contributed by atoms with Gasteiger partial charge in [-0.15, -0.1) is 0 Å². The van der Waals surface area contributed by atoms with Crippen LogP contribution in [0.4, 0.5) is 0 Å². The number of rotatable bonds is 8. The van der Waals surface area contributed by atoms with Gasteiger partial charge >= 0.3 is 5.97 Å². The number of hydrogen-bond acceptors (Lipinski definition) is 5. The summed E-state index contributed by atoms with van der Waals surface area (Å²) in [6.07, 6.45) is 0.242. The predicted molar refractivity (Wildman–Crippen MR) is 114 cm³/mol. The van der Waals surface area contributed by atoms with Crippen LogP contribution in [0.2, 0.25) is 0 Å². The van der Waals surface area contributed by atoms with Crippen molar-refractivity contribution >= 4 is 23.7 Å². The van der Waals surface area contributed by atoms with Crippen LogP contribution >= 0.6 is 0 Å². The van der Waals surface area contributed by atoms with Crippen LogP contribution in [0.1, 0.15) is 59.5 Å². The summed E-state index contributed by atoms with van der Waals surface area (Å²) < 4.78 is 5.21. The van der Waals surface area contributed by atoms with Crippen molar-refractivity contribution in [3.63, 3.8) is 0 Å². The van der Waals surface area contributed by atoms with E-state index in [1.807, 2.05) is 51.1 Å². The molecule has 31 heavy (non-hydrogen) atoms. The summed E-state index contributed by atoms with van der Waals surface area (Å²) in [6, 6.07) is 14.5. The number of carbonyl (C=O) groups excluding carboxylic acids is 4. The fourth-order valence-electron chi connectivity index (χ4n) is 3.59. The summed E-state index contributed by atoms with van der Waals surface area (Å²) in [5, 5.41) is 2.77. The summed E-state index contributed by atoms with van der Waals surface area (Å²) in [6.45, 7) is 5.10. The maximum atomic E-state index is 12.8. The zero-order valence-corrected chi connectivity index (χ0v) is 17.8. The van der Waals surface area contributed by atoms with E-state index in [1.165, 1.54) is 0 Å². The van der Waals surface area contributed by atoms with E-state index >= 15 is 0 Å². The van der Waals surface area contributed by atoms with Gasteiger partial charge in [0.2, 0.25) is 0 Å². The highest BCUT2D eigenvalue weighted by molar-refractivity contribution is 6.22. The molecule has 0 unspecified atom stereocenters. The van der Waals surface area contributed by atoms with Crippen LogP contribution in [0.15, 0.2) is 54.6 Å². The summed E-state index contributed by atoms with van der Waals surface area (Å²) >= 11 is 0. The molecule has 7 nitrogen and oxygen atoms in total. The first-order valence-corrected chi connectivity index (χ1v) is 10.3. The van der Waals surface area contributed by atoms with Crippen molar-refractivity contribution < 1.29 is 23.9 Å². The minimum Gasteiger partial charge on any atom is -0.454 e. The fraction of sp³-hybridized carbons (Fsp3) is 0.333. The molecule has 0 bridgehead atoms. The number of imide groups is 1. The molecule has 3 rings (SSSR count). The lowest BCUT2D eigenvalue weighted by Gasteiger charge is -2.26. The Hall–Kier alpha value is -3.48. The minimum absolute atomic E-state index is 0.0220. The predicted octanol–water partition coefficient (Wildman–Crippen LogP) is 3.12. The lowest BCUT2D eigenvalue weighted by molar-refractivity contribution is -0.153. The molecule has 0 aliphatic carbocycles. The third-order valence-electron chi connectivity index (χ3n) is 5.13. The topological polar surface area (TPSA) is 92.8 Å². The highest BCUT2D eigenvalue weighted by atomic mass is 16.5. The average molecular weight is 422 g/mol. The van der Waals surface area contributed by atoms with Crippen molar-refractivity contribution in [2.45, 2.75) is 39.3 Å². The van der Waals surface area contributed by atoms with Crippen LogP contribution in [0.25, 0.3) is 0 Å². The standard InChI is InChI=1S/C24H26N2O5/c1-15(2)13-20(26-22(28)18-11-7-8-12-19(18)23(26)29)24(30)31-14-21(27)25-16(3)17-9-5-4-6-10-17/h4-12,15-16,20H,13-14H2,1-3H3,(H,25,27)/t16-,20-/m1/s1. The molecule has 1 N–H and O–H groups in total. The number of benzene rings is 2. The average Bonchev–Trinajstić information content (AvgIpc) is 3.01. The second-order valence-electron chi connectivity index (χ2n) is 7.98. The lowest BCUT2D eigenvalue weighted by atomic mass is 10.0. The SMILES string of the molecule is CC(C)C[C@H](C(=O)OCC(=O)N[C@H](C)c1ccccc1)N1C(=O)c2ccccc2C1=O. The van der Waals surface area contributed by atoms with Crippen LogP contribution in [0, 0.1) is 5.92 Å². The maximum Gasteiger partial charge on any atom is 0.329 e. The third-order valence-corrected chi connectivity index (χ3v) is 5.13. The zero-order chi connectivity index (χ0) is 22.5. The molecule has 162 valence electrons. The summed E-state index contributed by atoms with van der Waals surface area (Å²) in [5.41, 5.74) is 1.46. The molecule has 2 atom stereocenters. The van der Waals surface area contributed by atoms with Gasteiger partial charge < -0.3 is 10.1 Å². The van der Waals surface area contributed by atoms with E-state index in [0.29, 0.717) is 0 Å². The highest BCUT2D eigenvalue weighted by Gasteiger charge is 2.43. The number of nitrogens with zero attached hydrogens (tertiary/aromatic N) is 1. The van der Waals surface area contributed by atoms with E-state index in [0.717, 1.165) is 10.5 Å². The first kappa shape index (κ1) is 22.2. The van der Waals surface area contributed by atoms with Gasteiger partial charge in [-0.05, 0) is 37.0 Å². The fourth-order valence-corrected chi connectivity index (χ4v) is 3.59. The van der Waals surface area contributed by atoms with Gasteiger partial charge in [0.15, 0.2) is 6.61 Å². The van der Waals surface area contributed by atoms with E-state index in [-0.39, 0.29) is 29.5 Å². The minimum atomic E-state index is -1.09. The first-order chi connectivity index (χ1) is 14.8. The van der Waals surface area contributed by atoms with Crippen LogP contribution in [-0.4, -0.2) is 41.2 Å². The molecular formula is C24H26N2O5. The van der Waals surface area contributed by atoms with E-state index in [4.69, 9.17) is 4.74 Å². The van der Waals surface area contributed by atoms with Crippen molar-refractivity contribution in [1.29, 1.82) is 0 Å². The molecule has 0 saturated heterocycles. The van der Waals surface area contributed by atoms with Gasteiger partial charge in [-0.3, -0.25) is 19.3 Å². The van der Waals surface area contributed by atoms with Crippen LogP contribution in [0.3, 0.4) is 0 Å². The molecular weight excluding hydrogens is 396 g/mol. The molecule has 3 amide bonds. The Kier molecular flexibility index (Phi) is 6.84. The van der Waals surface area contributed by atoms with Gasteiger partial charge in [0.25, 0.3) is 17.7 Å². The quantitative estimate of drug-likeness (QED) is 0.521. The Bertz CT molecular complexity index is 951. The molecule has 1 aliphatic heterocycles. The molecule has 0 radical (unpaired) electrons. The number of hydrogen-bond donors (Lipinski definition) is 1. The van der Waals surface area contributed by atoms with Crippen molar-refractivity contribution in [3.05, 3.63) is 71.3 Å². The lowest BCUT2D eigenvalue weighted by Crippen LogP contribution is -2.47. The number of nitrogens with one attached hydrogen (secondary N) is 1.